The number of ether oxygens (including phenoxy) is 2. The number of ketones is 1. The molecule has 0 bridgehead atoms. The van der Waals surface area contributed by atoms with Crippen LogP contribution in [-0.2, 0) is 40.5 Å². The lowest BCUT2D eigenvalue weighted by molar-refractivity contribution is -0.00758. The molecule has 1 aromatic heterocycles. The summed E-state index contributed by atoms with van der Waals surface area (Å²) in [6.07, 6.45) is 4.79. The Bertz CT molecular complexity index is 1240. The summed E-state index contributed by atoms with van der Waals surface area (Å²) in [4.78, 5) is 25.1. The van der Waals surface area contributed by atoms with Crippen LogP contribution in [0.4, 0.5) is 10.5 Å². The highest BCUT2D eigenvalue weighted by molar-refractivity contribution is 7.91. The minimum atomic E-state index is -3.60. The Kier molecular flexibility index (Phi) is 5.26. The number of aryl methyl sites for hydroxylation is 1. The topological polar surface area (TPSA) is 138 Å². The van der Waals surface area contributed by atoms with Gasteiger partial charge in [0.2, 0.25) is 5.88 Å². The van der Waals surface area contributed by atoms with Gasteiger partial charge in [-0.1, -0.05) is 0 Å². The van der Waals surface area contributed by atoms with E-state index in [1.54, 1.807) is 0 Å². The molecule has 170 valence electrons. The SMILES string of the molecule is CCOC1COc2c(S(N)(=O)=NC(=O)Nc3c4c(cc5c3CCC5=O)CCC4)cnn2C1. The van der Waals surface area contributed by atoms with Crippen molar-refractivity contribution >= 4 is 27.4 Å². The number of carbonyl (C=O) groups is 2. The Labute approximate surface area is 185 Å². The van der Waals surface area contributed by atoms with E-state index < -0.39 is 15.9 Å². The van der Waals surface area contributed by atoms with E-state index in [-0.39, 0.29) is 29.3 Å². The number of fused-ring (bicyclic) bond motifs is 3. The molecule has 10 nitrogen and oxygen atoms in total. The largest absolute Gasteiger partial charge is 0.474 e. The summed E-state index contributed by atoms with van der Waals surface area (Å²) in [7, 11) is -3.60. The Morgan fingerprint density at radius 3 is 3.03 bits per heavy atom. The lowest BCUT2D eigenvalue weighted by atomic mass is 9.98. The molecule has 1 aromatic carbocycles. The summed E-state index contributed by atoms with van der Waals surface area (Å²) in [5.41, 5.74) is 4.22. The van der Waals surface area contributed by atoms with E-state index in [1.807, 2.05) is 13.0 Å². The summed E-state index contributed by atoms with van der Waals surface area (Å²) in [6, 6.07) is 1.14. The van der Waals surface area contributed by atoms with Crippen LogP contribution >= 0.6 is 0 Å². The summed E-state index contributed by atoms with van der Waals surface area (Å²) in [5, 5.41) is 12.9. The second-order valence-electron chi connectivity index (χ2n) is 8.17. The molecule has 2 aliphatic carbocycles. The molecule has 3 N–H and O–H groups in total. The number of nitrogens with zero attached hydrogens (tertiary/aromatic N) is 3. The Hall–Kier alpha value is -2.76. The zero-order chi connectivity index (χ0) is 22.5. The monoisotopic (exact) mass is 459 g/mol. The molecule has 2 unspecified atom stereocenters. The summed E-state index contributed by atoms with van der Waals surface area (Å²) in [5.74, 6) is 0.316. The van der Waals surface area contributed by atoms with Crippen LogP contribution in [0.5, 0.6) is 5.88 Å². The number of amides is 2. The highest BCUT2D eigenvalue weighted by Crippen LogP contribution is 2.38. The van der Waals surface area contributed by atoms with Crippen LogP contribution in [0.1, 0.15) is 46.8 Å². The molecule has 0 saturated carbocycles. The molecule has 3 aliphatic rings. The lowest BCUT2D eigenvalue weighted by Gasteiger charge is -2.24. The van der Waals surface area contributed by atoms with E-state index in [4.69, 9.17) is 14.6 Å². The first-order chi connectivity index (χ1) is 15.4. The van der Waals surface area contributed by atoms with Gasteiger partial charge in [0, 0.05) is 24.3 Å². The third-order valence-corrected chi connectivity index (χ3v) is 7.47. The number of Topliss-reactive ketones (excluding diaryl/α,β-unsaturated/α-hetero) is 1. The molecule has 32 heavy (non-hydrogen) atoms. The standard InChI is InChI=1S/C21H25N5O5S/c1-2-30-13-10-26-20(31-11-13)18(9-23-26)32(22,29)25-21(28)24-19-14-5-3-4-12(14)8-16-15(19)6-7-17(16)27/h8-9,13H,2-7,10-11H2,1H3,(H3,22,24,25,28,29). The first-order valence-electron chi connectivity index (χ1n) is 10.7. The third-order valence-electron chi connectivity index (χ3n) is 6.12. The van der Waals surface area contributed by atoms with Crippen molar-refractivity contribution in [3.8, 4) is 5.88 Å². The van der Waals surface area contributed by atoms with Gasteiger partial charge in [-0.05, 0) is 55.4 Å². The maximum Gasteiger partial charge on any atom is 0.354 e. The second-order valence-corrected chi connectivity index (χ2v) is 9.93. The van der Waals surface area contributed by atoms with Gasteiger partial charge in [-0.2, -0.15) is 5.10 Å². The maximum absolute atomic E-state index is 13.2. The first-order valence-corrected chi connectivity index (χ1v) is 12.3. The summed E-state index contributed by atoms with van der Waals surface area (Å²) in [6.45, 7) is 3.13. The van der Waals surface area contributed by atoms with Crippen molar-refractivity contribution in [1.82, 2.24) is 9.78 Å². The van der Waals surface area contributed by atoms with Gasteiger partial charge in [-0.25, -0.2) is 18.8 Å². The predicted molar refractivity (Wildman–Crippen MR) is 116 cm³/mol. The quantitative estimate of drug-likeness (QED) is 0.719. The number of nitrogens with two attached hydrogens (primary N) is 1. The number of urea groups is 1. The van der Waals surface area contributed by atoms with Crippen molar-refractivity contribution in [3.05, 3.63) is 34.5 Å². The molecular weight excluding hydrogens is 434 g/mol. The minimum Gasteiger partial charge on any atom is -0.474 e. The van der Waals surface area contributed by atoms with E-state index in [2.05, 4.69) is 14.8 Å². The number of nitrogens with one attached hydrogen (secondary N) is 1. The molecule has 11 heteroatoms. The fraction of sp³-hybridized carbons (Fsp3) is 0.476. The molecule has 2 aromatic rings. The van der Waals surface area contributed by atoms with E-state index in [0.717, 1.165) is 36.0 Å². The molecule has 0 spiro atoms. The van der Waals surface area contributed by atoms with Gasteiger partial charge in [0.15, 0.2) is 15.7 Å². The minimum absolute atomic E-state index is 0.0706. The number of rotatable bonds is 4. The van der Waals surface area contributed by atoms with Crippen molar-refractivity contribution < 1.29 is 23.3 Å². The van der Waals surface area contributed by atoms with Gasteiger partial charge in [0.25, 0.3) is 0 Å². The van der Waals surface area contributed by atoms with E-state index in [9.17, 15) is 13.8 Å². The highest BCUT2D eigenvalue weighted by atomic mass is 32.2. The molecular formula is C21H25N5O5S. The molecule has 2 atom stereocenters. The lowest BCUT2D eigenvalue weighted by Crippen LogP contribution is -2.33. The molecule has 0 radical (unpaired) electrons. The van der Waals surface area contributed by atoms with Gasteiger partial charge < -0.3 is 14.8 Å². The van der Waals surface area contributed by atoms with Crippen molar-refractivity contribution in [3.63, 3.8) is 0 Å². The number of carbonyl (C=O) groups excluding carboxylic acids is 2. The van der Waals surface area contributed by atoms with Gasteiger partial charge in [0.1, 0.15) is 17.6 Å². The van der Waals surface area contributed by atoms with Crippen LogP contribution in [0.3, 0.4) is 0 Å². The fourth-order valence-electron chi connectivity index (χ4n) is 4.71. The van der Waals surface area contributed by atoms with Crippen molar-refractivity contribution in [2.24, 2.45) is 9.50 Å². The first kappa shape index (κ1) is 21.1. The molecule has 1 aliphatic heterocycles. The smallest absolute Gasteiger partial charge is 0.354 e. The number of benzene rings is 1. The van der Waals surface area contributed by atoms with Gasteiger partial charge in [0.05, 0.1) is 12.7 Å². The zero-order valence-corrected chi connectivity index (χ0v) is 18.6. The summed E-state index contributed by atoms with van der Waals surface area (Å²) < 4.78 is 29.7. The third kappa shape index (κ3) is 3.59. The van der Waals surface area contributed by atoms with Crippen LogP contribution in [0, 0.1) is 0 Å². The van der Waals surface area contributed by atoms with Crippen LogP contribution < -0.4 is 15.2 Å². The highest BCUT2D eigenvalue weighted by Gasteiger charge is 2.30. The van der Waals surface area contributed by atoms with Crippen LogP contribution in [0.2, 0.25) is 0 Å². The average Bonchev–Trinajstić information content (AvgIpc) is 3.46. The van der Waals surface area contributed by atoms with Crippen molar-refractivity contribution in [2.45, 2.75) is 56.6 Å². The van der Waals surface area contributed by atoms with E-state index in [1.165, 1.54) is 10.9 Å². The van der Waals surface area contributed by atoms with E-state index in [0.29, 0.717) is 37.2 Å². The Morgan fingerprint density at radius 1 is 1.38 bits per heavy atom. The fourth-order valence-corrected chi connectivity index (χ4v) is 5.71. The van der Waals surface area contributed by atoms with Crippen LogP contribution in [-0.4, -0.2) is 45.1 Å². The van der Waals surface area contributed by atoms with Gasteiger partial charge in [-0.15, -0.1) is 4.36 Å². The Balaban J connectivity index is 1.44. The zero-order valence-electron chi connectivity index (χ0n) is 17.8. The molecule has 2 heterocycles. The molecule has 2 amide bonds. The van der Waals surface area contributed by atoms with Crippen molar-refractivity contribution in [2.75, 3.05) is 18.5 Å². The van der Waals surface area contributed by atoms with Gasteiger partial charge >= 0.3 is 6.03 Å². The van der Waals surface area contributed by atoms with Gasteiger partial charge in [-0.3, -0.25) is 4.79 Å². The summed E-state index contributed by atoms with van der Waals surface area (Å²) >= 11 is 0. The van der Waals surface area contributed by atoms with E-state index >= 15 is 0 Å². The molecule has 0 saturated heterocycles. The van der Waals surface area contributed by atoms with Crippen LogP contribution in [0.25, 0.3) is 0 Å². The number of hydrogen-bond donors (Lipinski definition) is 2. The number of hydrogen-bond acceptors (Lipinski definition) is 6. The van der Waals surface area contributed by atoms with Crippen molar-refractivity contribution in [1.29, 1.82) is 0 Å². The molecule has 0 fully saturated rings. The Morgan fingerprint density at radius 2 is 2.22 bits per heavy atom. The number of anilines is 1. The van der Waals surface area contributed by atoms with Crippen LogP contribution in [0.15, 0.2) is 21.5 Å². The maximum atomic E-state index is 13.2. The average molecular weight is 460 g/mol. The second kappa shape index (κ2) is 7.98. The predicted octanol–water partition coefficient (Wildman–Crippen LogP) is 2.23. The number of aromatic nitrogens is 2. The normalized spacial score (nSPS) is 20.7. The molecule has 5 rings (SSSR count).